The van der Waals surface area contributed by atoms with Crippen LogP contribution in [0.4, 0.5) is 0 Å². The molecule has 2 atom stereocenters. The minimum Gasteiger partial charge on any atom is -0.316 e. The lowest BCUT2D eigenvalue weighted by atomic mass is 9.91. The number of piperidine rings is 1. The Morgan fingerprint density at radius 1 is 1.35 bits per heavy atom. The lowest BCUT2D eigenvalue weighted by Crippen LogP contribution is -2.46. The monoisotopic (exact) mass is 250 g/mol. The van der Waals surface area contributed by atoms with Gasteiger partial charge in [0.1, 0.15) is 0 Å². The van der Waals surface area contributed by atoms with Gasteiger partial charge in [-0.1, -0.05) is 0 Å². The van der Waals surface area contributed by atoms with Crippen LogP contribution in [0.25, 0.3) is 0 Å². The topological polar surface area (TPSA) is 15.3 Å². The molecule has 0 amide bonds. The average Bonchev–Trinajstić information content (AvgIpc) is 2.87. The van der Waals surface area contributed by atoms with E-state index < -0.39 is 0 Å². The Bertz CT molecular complexity index is 374. The Labute approximate surface area is 108 Å². The van der Waals surface area contributed by atoms with Gasteiger partial charge in [-0.15, -0.1) is 11.3 Å². The molecule has 2 unspecified atom stereocenters. The summed E-state index contributed by atoms with van der Waals surface area (Å²) in [5.41, 5.74) is 1.64. The third-order valence-corrected chi connectivity index (χ3v) is 5.32. The molecule has 1 fully saturated rings. The highest BCUT2D eigenvalue weighted by atomic mass is 32.1. The summed E-state index contributed by atoms with van der Waals surface area (Å²) in [4.78, 5) is 4.36. The van der Waals surface area contributed by atoms with E-state index in [0.717, 1.165) is 0 Å². The standard InChI is InChI=1S/C14H22N2S/c1-15-11-4-3-8-16(10-11)13-5-2-6-14-12(13)7-9-17-14/h7,9,11,13,15H,2-6,8,10H2,1H3. The van der Waals surface area contributed by atoms with Crippen LogP contribution in [0.15, 0.2) is 11.4 Å². The van der Waals surface area contributed by atoms with Crippen LogP contribution in [-0.4, -0.2) is 31.1 Å². The van der Waals surface area contributed by atoms with Crippen molar-refractivity contribution < 1.29 is 0 Å². The summed E-state index contributed by atoms with van der Waals surface area (Å²) in [6.07, 6.45) is 6.74. The van der Waals surface area contributed by atoms with Crippen LogP contribution in [0.3, 0.4) is 0 Å². The number of likely N-dealkylation sites (N-methyl/N-ethyl adjacent to an activating group) is 1. The molecule has 3 rings (SSSR count). The number of nitrogens with zero attached hydrogens (tertiary/aromatic N) is 1. The van der Waals surface area contributed by atoms with Gasteiger partial charge in [0.05, 0.1) is 0 Å². The third-order valence-electron chi connectivity index (χ3n) is 4.32. The molecule has 2 aliphatic rings. The number of thiophene rings is 1. The van der Waals surface area contributed by atoms with Gasteiger partial charge in [0.15, 0.2) is 0 Å². The van der Waals surface area contributed by atoms with Crippen molar-refractivity contribution in [2.75, 3.05) is 20.1 Å². The van der Waals surface area contributed by atoms with Crippen molar-refractivity contribution in [3.05, 3.63) is 21.9 Å². The van der Waals surface area contributed by atoms with E-state index in [1.165, 1.54) is 45.2 Å². The van der Waals surface area contributed by atoms with E-state index in [1.807, 2.05) is 11.3 Å². The molecule has 0 spiro atoms. The highest BCUT2D eigenvalue weighted by molar-refractivity contribution is 7.10. The lowest BCUT2D eigenvalue weighted by Gasteiger charge is -2.40. The van der Waals surface area contributed by atoms with E-state index in [0.29, 0.717) is 12.1 Å². The highest BCUT2D eigenvalue weighted by Crippen LogP contribution is 2.38. The van der Waals surface area contributed by atoms with Gasteiger partial charge in [0, 0.05) is 23.5 Å². The molecular formula is C14H22N2S. The molecule has 1 saturated heterocycles. The average molecular weight is 250 g/mol. The van der Waals surface area contributed by atoms with Crippen LogP contribution in [0.2, 0.25) is 0 Å². The van der Waals surface area contributed by atoms with Gasteiger partial charge in [-0.3, -0.25) is 4.90 Å². The number of aryl methyl sites for hydroxylation is 1. The van der Waals surface area contributed by atoms with Crippen LogP contribution in [0, 0.1) is 0 Å². The van der Waals surface area contributed by atoms with Gasteiger partial charge in [-0.25, -0.2) is 0 Å². The zero-order valence-electron chi connectivity index (χ0n) is 10.6. The summed E-state index contributed by atoms with van der Waals surface area (Å²) in [5, 5.41) is 5.73. The predicted molar refractivity (Wildman–Crippen MR) is 73.7 cm³/mol. The van der Waals surface area contributed by atoms with Crippen molar-refractivity contribution in [2.24, 2.45) is 0 Å². The van der Waals surface area contributed by atoms with E-state index in [9.17, 15) is 0 Å². The maximum Gasteiger partial charge on any atom is 0.0359 e. The molecule has 1 aromatic rings. The molecule has 0 aromatic carbocycles. The SMILES string of the molecule is CNC1CCCN(C2CCCc3sccc32)C1. The van der Waals surface area contributed by atoms with Gasteiger partial charge in [-0.2, -0.15) is 0 Å². The summed E-state index contributed by atoms with van der Waals surface area (Å²) in [6.45, 7) is 2.52. The second kappa shape index (κ2) is 5.09. The van der Waals surface area contributed by atoms with E-state index in [-0.39, 0.29) is 0 Å². The molecule has 1 aromatic heterocycles. The molecule has 2 heterocycles. The summed E-state index contributed by atoms with van der Waals surface area (Å²) >= 11 is 1.96. The second-order valence-electron chi connectivity index (χ2n) is 5.33. The van der Waals surface area contributed by atoms with Gasteiger partial charge in [0.25, 0.3) is 0 Å². The van der Waals surface area contributed by atoms with Crippen molar-refractivity contribution >= 4 is 11.3 Å². The van der Waals surface area contributed by atoms with Gasteiger partial charge in [0.2, 0.25) is 0 Å². The minimum atomic E-state index is 0.702. The van der Waals surface area contributed by atoms with Gasteiger partial charge in [-0.05, 0) is 62.7 Å². The van der Waals surface area contributed by atoms with E-state index in [4.69, 9.17) is 0 Å². The molecule has 1 aliphatic carbocycles. The Morgan fingerprint density at radius 3 is 3.18 bits per heavy atom. The quantitative estimate of drug-likeness (QED) is 0.868. The largest absolute Gasteiger partial charge is 0.316 e. The first kappa shape index (κ1) is 11.7. The molecule has 1 aliphatic heterocycles. The highest BCUT2D eigenvalue weighted by Gasteiger charge is 2.29. The maximum atomic E-state index is 3.45. The Morgan fingerprint density at radius 2 is 2.29 bits per heavy atom. The minimum absolute atomic E-state index is 0.702. The molecule has 0 saturated carbocycles. The summed E-state index contributed by atoms with van der Waals surface area (Å²) in [5.74, 6) is 0. The van der Waals surface area contributed by atoms with Crippen molar-refractivity contribution in [1.82, 2.24) is 10.2 Å². The Balaban J connectivity index is 1.77. The first-order valence-electron chi connectivity index (χ1n) is 6.86. The second-order valence-corrected chi connectivity index (χ2v) is 6.33. The fraction of sp³-hybridized carbons (Fsp3) is 0.714. The number of hydrogen-bond acceptors (Lipinski definition) is 3. The van der Waals surface area contributed by atoms with Crippen LogP contribution in [-0.2, 0) is 6.42 Å². The van der Waals surface area contributed by atoms with Crippen molar-refractivity contribution in [3.63, 3.8) is 0 Å². The molecule has 0 radical (unpaired) electrons. The molecule has 0 bridgehead atoms. The number of nitrogens with one attached hydrogen (secondary N) is 1. The maximum absolute atomic E-state index is 3.45. The van der Waals surface area contributed by atoms with E-state index in [2.05, 4.69) is 28.7 Å². The smallest absolute Gasteiger partial charge is 0.0359 e. The number of likely N-dealkylation sites (tertiary alicyclic amines) is 1. The molecule has 2 nitrogen and oxygen atoms in total. The van der Waals surface area contributed by atoms with Gasteiger partial charge >= 0.3 is 0 Å². The van der Waals surface area contributed by atoms with Gasteiger partial charge < -0.3 is 5.32 Å². The zero-order valence-corrected chi connectivity index (χ0v) is 11.4. The molecule has 94 valence electrons. The van der Waals surface area contributed by atoms with Crippen LogP contribution in [0.1, 0.15) is 42.2 Å². The third kappa shape index (κ3) is 2.28. The zero-order chi connectivity index (χ0) is 11.7. The molecule has 17 heavy (non-hydrogen) atoms. The van der Waals surface area contributed by atoms with Crippen molar-refractivity contribution in [3.8, 4) is 0 Å². The molecular weight excluding hydrogens is 228 g/mol. The van der Waals surface area contributed by atoms with E-state index in [1.54, 1.807) is 10.4 Å². The normalized spacial score (nSPS) is 30.2. The first-order chi connectivity index (χ1) is 8.38. The van der Waals surface area contributed by atoms with Crippen molar-refractivity contribution in [2.45, 2.75) is 44.2 Å². The number of rotatable bonds is 2. The number of fused-ring (bicyclic) bond motifs is 1. The fourth-order valence-electron chi connectivity index (χ4n) is 3.37. The summed E-state index contributed by atoms with van der Waals surface area (Å²) < 4.78 is 0. The van der Waals surface area contributed by atoms with Crippen LogP contribution < -0.4 is 5.32 Å². The predicted octanol–water partition coefficient (Wildman–Crippen LogP) is 2.81. The first-order valence-corrected chi connectivity index (χ1v) is 7.74. The fourth-order valence-corrected chi connectivity index (χ4v) is 4.35. The molecule has 3 heteroatoms. The van der Waals surface area contributed by atoms with Crippen molar-refractivity contribution in [1.29, 1.82) is 0 Å². The summed E-state index contributed by atoms with van der Waals surface area (Å²) in [6, 6.07) is 3.78. The Hall–Kier alpha value is -0.380. The van der Waals surface area contributed by atoms with E-state index >= 15 is 0 Å². The van der Waals surface area contributed by atoms with Crippen LogP contribution in [0.5, 0.6) is 0 Å². The molecule has 1 N–H and O–H groups in total. The number of hydrogen-bond donors (Lipinski definition) is 1. The summed E-state index contributed by atoms with van der Waals surface area (Å²) in [7, 11) is 2.10. The van der Waals surface area contributed by atoms with Crippen LogP contribution >= 0.6 is 11.3 Å². The Kier molecular flexibility index (Phi) is 3.50. The lowest BCUT2D eigenvalue weighted by molar-refractivity contribution is 0.128.